The first-order valence-corrected chi connectivity index (χ1v) is 9.86. The molecule has 0 unspecified atom stereocenters. The van der Waals surface area contributed by atoms with Gasteiger partial charge in [0.25, 0.3) is 0 Å². The van der Waals surface area contributed by atoms with Crippen molar-refractivity contribution in [1.29, 1.82) is 0 Å². The highest BCUT2D eigenvalue weighted by Gasteiger charge is 2.20. The van der Waals surface area contributed by atoms with Crippen LogP contribution in [0.4, 0.5) is 0 Å². The number of nitrogens with zero attached hydrogens (tertiary/aromatic N) is 2. The Kier molecular flexibility index (Phi) is 7.03. The van der Waals surface area contributed by atoms with Gasteiger partial charge in [-0.25, -0.2) is 0 Å². The van der Waals surface area contributed by atoms with E-state index < -0.39 is 5.91 Å². The number of pyridine rings is 1. The molecule has 0 aliphatic heterocycles. The van der Waals surface area contributed by atoms with E-state index in [0.717, 1.165) is 16.6 Å². The molecule has 3 rings (SSSR count). The van der Waals surface area contributed by atoms with Crippen molar-refractivity contribution in [2.45, 2.75) is 34.0 Å². The lowest BCUT2D eigenvalue weighted by Gasteiger charge is -2.24. The number of hydrogen-bond donors (Lipinski definition) is 0. The van der Waals surface area contributed by atoms with E-state index in [2.05, 4.69) is 24.0 Å². The summed E-state index contributed by atoms with van der Waals surface area (Å²) in [6.45, 7) is 7.47. The summed E-state index contributed by atoms with van der Waals surface area (Å²) < 4.78 is 11.7. The lowest BCUT2D eigenvalue weighted by atomic mass is 9.96. The van der Waals surface area contributed by atoms with Gasteiger partial charge in [-0.05, 0) is 30.2 Å². The fourth-order valence-corrected chi connectivity index (χ4v) is 3.30. The fraction of sp³-hybridized carbons (Fsp3) is 0.333. The Hall–Kier alpha value is -2.96. The van der Waals surface area contributed by atoms with Crippen molar-refractivity contribution in [1.82, 2.24) is 4.98 Å². The molecule has 1 heterocycles. The van der Waals surface area contributed by atoms with Gasteiger partial charge in [0.1, 0.15) is 0 Å². The van der Waals surface area contributed by atoms with E-state index in [1.807, 2.05) is 42.5 Å². The van der Waals surface area contributed by atoms with E-state index in [0.29, 0.717) is 36.5 Å². The average Bonchev–Trinajstić information content (AvgIpc) is 2.73. The van der Waals surface area contributed by atoms with Crippen LogP contribution < -0.4 is 0 Å². The third-order valence-electron chi connectivity index (χ3n) is 4.81. The Bertz CT molecular complexity index is 1050. The van der Waals surface area contributed by atoms with Crippen LogP contribution in [0, 0.1) is 17.2 Å². The summed E-state index contributed by atoms with van der Waals surface area (Å²) in [5.41, 5.74) is 3.31. The molecular weight excluding hydrogens is 380 g/mol. The van der Waals surface area contributed by atoms with Crippen LogP contribution in [0.25, 0.3) is 10.9 Å². The number of benzene rings is 2. The highest BCUT2D eigenvalue weighted by Crippen LogP contribution is 2.21. The lowest BCUT2D eigenvalue weighted by Crippen LogP contribution is -2.25. The minimum absolute atomic E-state index is 0.228. The molecule has 0 saturated carbocycles. The summed E-state index contributed by atoms with van der Waals surface area (Å²) in [6.07, 6.45) is 0. The summed E-state index contributed by atoms with van der Waals surface area (Å²) in [4.78, 5) is 27.1. The van der Waals surface area contributed by atoms with Crippen LogP contribution in [0.3, 0.4) is 0 Å². The monoisotopic (exact) mass is 406 g/mol. The third kappa shape index (κ3) is 5.55. The largest absolute Gasteiger partial charge is 0.376 e. The number of aryl methyl sites for hydroxylation is 1. The van der Waals surface area contributed by atoms with Crippen LogP contribution in [0.2, 0.25) is 0 Å². The number of ether oxygens (including phenoxy) is 2. The van der Waals surface area contributed by atoms with Gasteiger partial charge in [0, 0.05) is 16.0 Å². The maximum absolute atomic E-state index is 11.8. The molecule has 2 aromatic carbocycles. The highest BCUT2D eigenvalue weighted by atomic mass is 16.5. The van der Waals surface area contributed by atoms with E-state index in [1.54, 1.807) is 19.1 Å². The van der Waals surface area contributed by atoms with Gasteiger partial charge < -0.3 is 9.47 Å². The molecule has 0 aliphatic rings. The van der Waals surface area contributed by atoms with Crippen molar-refractivity contribution < 1.29 is 14.3 Å². The van der Waals surface area contributed by atoms with Crippen LogP contribution in [-0.2, 0) is 22.7 Å². The molecule has 1 aromatic heterocycles. The van der Waals surface area contributed by atoms with Crippen LogP contribution in [0.5, 0.6) is 0 Å². The standard InChI is InChI=1S/C24H26N2O4/c1-17-7-6-9-19(22(17)23(27)26-28)13-29-15-24(2,3)16-30-14-20-12-11-18-8-4-5-10-21(18)25-20/h4-12H,13-16H2,1-3H3. The summed E-state index contributed by atoms with van der Waals surface area (Å²) in [6, 6.07) is 17.4. The molecule has 0 bridgehead atoms. The summed E-state index contributed by atoms with van der Waals surface area (Å²) in [7, 11) is 0. The number of carbonyl (C=O) groups is 1. The number of carbonyl (C=O) groups excluding carboxylic acids is 1. The van der Waals surface area contributed by atoms with Crippen molar-refractivity contribution in [2.75, 3.05) is 13.2 Å². The Balaban J connectivity index is 1.51. The molecule has 0 radical (unpaired) electrons. The van der Waals surface area contributed by atoms with E-state index in [4.69, 9.17) is 9.47 Å². The summed E-state index contributed by atoms with van der Waals surface area (Å²) in [5.74, 6) is -0.767. The smallest absolute Gasteiger partial charge is 0.317 e. The van der Waals surface area contributed by atoms with E-state index in [9.17, 15) is 9.70 Å². The van der Waals surface area contributed by atoms with E-state index >= 15 is 0 Å². The molecule has 1 amide bonds. The Morgan fingerprint density at radius 1 is 0.967 bits per heavy atom. The second-order valence-corrected chi connectivity index (χ2v) is 8.15. The Labute approximate surface area is 176 Å². The van der Waals surface area contributed by atoms with Gasteiger partial charge in [0.2, 0.25) is 0 Å². The molecule has 0 N–H and O–H groups in total. The summed E-state index contributed by atoms with van der Waals surface area (Å²) in [5, 5.41) is 3.66. The molecular formula is C24H26N2O4. The van der Waals surface area contributed by atoms with Gasteiger partial charge in [0.15, 0.2) is 0 Å². The normalized spacial score (nSPS) is 11.6. The van der Waals surface area contributed by atoms with Crippen LogP contribution in [0.15, 0.2) is 59.8 Å². The number of amides is 1. The first-order valence-electron chi connectivity index (χ1n) is 9.86. The van der Waals surface area contributed by atoms with Gasteiger partial charge in [-0.1, -0.05) is 56.3 Å². The molecule has 0 fully saturated rings. The number of para-hydroxylation sites is 1. The molecule has 0 atom stereocenters. The number of nitroso groups, excluding NO2 is 1. The van der Waals surface area contributed by atoms with Gasteiger partial charge in [-0.15, -0.1) is 4.91 Å². The number of fused-ring (bicyclic) bond motifs is 1. The van der Waals surface area contributed by atoms with Gasteiger partial charge in [0.05, 0.1) is 43.2 Å². The lowest BCUT2D eigenvalue weighted by molar-refractivity contribution is -0.0150. The molecule has 3 aromatic rings. The van der Waals surface area contributed by atoms with Crippen LogP contribution in [0.1, 0.15) is 41.0 Å². The van der Waals surface area contributed by atoms with Gasteiger partial charge in [-0.3, -0.25) is 9.78 Å². The number of rotatable bonds is 9. The first-order chi connectivity index (χ1) is 14.4. The minimum atomic E-state index is -0.767. The SMILES string of the molecule is Cc1cccc(COCC(C)(C)COCc2ccc3ccccc3n2)c1C(=O)N=O. The number of aromatic nitrogens is 1. The predicted molar refractivity (Wildman–Crippen MR) is 116 cm³/mol. The maximum atomic E-state index is 11.8. The topological polar surface area (TPSA) is 77.8 Å². The number of hydrogen-bond acceptors (Lipinski definition) is 5. The van der Waals surface area contributed by atoms with Crippen LogP contribution in [-0.4, -0.2) is 24.1 Å². The third-order valence-corrected chi connectivity index (χ3v) is 4.81. The van der Waals surface area contributed by atoms with Crippen molar-refractivity contribution in [2.24, 2.45) is 10.6 Å². The zero-order chi connectivity index (χ0) is 21.6. The van der Waals surface area contributed by atoms with Crippen molar-refractivity contribution >= 4 is 16.8 Å². The van der Waals surface area contributed by atoms with Crippen molar-refractivity contribution in [3.05, 3.63) is 81.9 Å². The second-order valence-electron chi connectivity index (χ2n) is 8.15. The summed E-state index contributed by atoms with van der Waals surface area (Å²) >= 11 is 0. The zero-order valence-corrected chi connectivity index (χ0v) is 17.6. The van der Waals surface area contributed by atoms with E-state index in [-0.39, 0.29) is 12.0 Å². The highest BCUT2D eigenvalue weighted by molar-refractivity contribution is 5.97. The zero-order valence-electron chi connectivity index (χ0n) is 17.6. The molecule has 156 valence electrons. The quantitative estimate of drug-likeness (QED) is 0.456. The maximum Gasteiger partial charge on any atom is 0.317 e. The second kappa shape index (κ2) is 9.69. The van der Waals surface area contributed by atoms with Gasteiger partial charge in [-0.2, -0.15) is 0 Å². The van der Waals surface area contributed by atoms with Crippen molar-refractivity contribution in [3.8, 4) is 0 Å². The molecule has 0 aliphatic carbocycles. The Morgan fingerprint density at radius 2 is 1.70 bits per heavy atom. The van der Waals surface area contributed by atoms with Gasteiger partial charge >= 0.3 is 5.91 Å². The molecule has 0 saturated heterocycles. The molecule has 6 heteroatoms. The van der Waals surface area contributed by atoms with Crippen LogP contribution >= 0.6 is 0 Å². The molecule has 6 nitrogen and oxygen atoms in total. The predicted octanol–water partition coefficient (Wildman–Crippen LogP) is 5.21. The van der Waals surface area contributed by atoms with E-state index in [1.165, 1.54) is 0 Å². The first kappa shape index (κ1) is 21.7. The minimum Gasteiger partial charge on any atom is -0.376 e. The average molecular weight is 406 g/mol. The van der Waals surface area contributed by atoms with Crippen molar-refractivity contribution in [3.63, 3.8) is 0 Å². The fourth-order valence-electron chi connectivity index (χ4n) is 3.30. The molecule has 30 heavy (non-hydrogen) atoms. The Morgan fingerprint density at radius 3 is 2.47 bits per heavy atom. The molecule has 0 spiro atoms.